The number of benzene rings is 3. The molecule has 144 valence electrons. The first kappa shape index (κ1) is 18.6. The number of nitriles is 1. The zero-order chi connectivity index (χ0) is 20.7. The van der Waals surface area contributed by atoms with E-state index in [1.54, 1.807) is 4.90 Å². The van der Waals surface area contributed by atoms with E-state index in [4.69, 9.17) is 11.6 Å². The van der Waals surface area contributed by atoms with Crippen LogP contribution in [0.15, 0.2) is 72.8 Å². The van der Waals surface area contributed by atoms with E-state index >= 15 is 0 Å². The molecule has 0 unspecified atom stereocenters. The summed E-state index contributed by atoms with van der Waals surface area (Å²) in [5.41, 5.74) is 4.05. The third kappa shape index (κ3) is 3.07. The molecule has 0 bridgehead atoms. The summed E-state index contributed by atoms with van der Waals surface area (Å²) in [5.74, 6) is -0.193. The molecule has 1 aliphatic heterocycles. The highest BCUT2D eigenvalue weighted by Crippen LogP contribution is 2.42. The van der Waals surface area contributed by atoms with Gasteiger partial charge in [-0.25, -0.2) is 4.98 Å². The van der Waals surface area contributed by atoms with Crippen LogP contribution in [0.5, 0.6) is 0 Å². The van der Waals surface area contributed by atoms with E-state index in [1.165, 1.54) is 11.3 Å². The van der Waals surface area contributed by atoms with Crippen molar-refractivity contribution in [1.82, 2.24) is 4.98 Å². The Hall–Kier alpha value is -3.46. The molecule has 30 heavy (non-hydrogen) atoms. The monoisotopic (exact) mass is 427 g/mol. The second-order valence-electron chi connectivity index (χ2n) is 6.88. The van der Waals surface area contributed by atoms with E-state index in [-0.39, 0.29) is 5.91 Å². The lowest BCUT2D eigenvalue weighted by Crippen LogP contribution is -2.26. The second-order valence-corrected chi connectivity index (χ2v) is 8.35. The molecule has 0 saturated heterocycles. The molecule has 0 saturated carbocycles. The number of nitrogens with zero attached hydrogens (tertiary/aromatic N) is 3. The predicted octanol–water partition coefficient (Wildman–Crippen LogP) is 5.93. The highest BCUT2D eigenvalue weighted by Gasteiger charge is 2.35. The lowest BCUT2D eigenvalue weighted by Gasteiger charge is -2.17. The molecule has 0 spiro atoms. The topological polar surface area (TPSA) is 57.0 Å². The Morgan fingerprint density at radius 3 is 2.53 bits per heavy atom. The summed E-state index contributed by atoms with van der Waals surface area (Å²) in [6.45, 7) is 0.398. The maximum absolute atomic E-state index is 13.5. The van der Waals surface area contributed by atoms with Crippen molar-refractivity contribution in [3.05, 3.63) is 94.0 Å². The average Bonchev–Trinajstić information content (AvgIpc) is 3.31. The van der Waals surface area contributed by atoms with Gasteiger partial charge in [0.25, 0.3) is 5.91 Å². The van der Waals surface area contributed by atoms with Gasteiger partial charge in [0.15, 0.2) is 0 Å². The van der Waals surface area contributed by atoms with E-state index in [0.29, 0.717) is 27.7 Å². The van der Waals surface area contributed by atoms with E-state index in [9.17, 15) is 10.1 Å². The lowest BCUT2D eigenvalue weighted by atomic mass is 10.0. The van der Waals surface area contributed by atoms with Crippen LogP contribution in [0, 0.1) is 11.3 Å². The van der Waals surface area contributed by atoms with Gasteiger partial charge in [-0.1, -0.05) is 54.1 Å². The normalized spacial score (nSPS) is 14.7. The molecule has 1 aliphatic rings. The molecule has 0 radical (unpaired) electrons. The quantitative estimate of drug-likeness (QED) is 0.300. The van der Waals surface area contributed by atoms with Crippen molar-refractivity contribution >= 4 is 55.9 Å². The van der Waals surface area contributed by atoms with Gasteiger partial charge in [-0.15, -0.1) is 11.3 Å². The molecule has 0 fully saturated rings. The molecule has 0 atom stereocenters. The number of rotatable bonds is 3. The first-order valence-electron chi connectivity index (χ1n) is 9.32. The van der Waals surface area contributed by atoms with Crippen molar-refractivity contribution in [3.63, 3.8) is 0 Å². The molecule has 1 amide bonds. The van der Waals surface area contributed by atoms with Crippen LogP contribution in [0.1, 0.15) is 16.1 Å². The molecule has 3 aromatic carbocycles. The van der Waals surface area contributed by atoms with Crippen LogP contribution in [-0.2, 0) is 11.3 Å². The summed E-state index contributed by atoms with van der Waals surface area (Å²) in [5, 5.41) is 11.2. The summed E-state index contributed by atoms with van der Waals surface area (Å²) in [7, 11) is 0. The first-order chi connectivity index (χ1) is 14.7. The molecule has 2 heterocycles. The van der Waals surface area contributed by atoms with Crippen molar-refractivity contribution in [3.8, 4) is 6.07 Å². The SMILES string of the molecule is N#CC(=C1C(=O)N(Cc2ccc(Cl)cc2)c2ccccc21)c1nc2ccccc2s1. The number of para-hydroxylation sites is 2. The van der Waals surface area contributed by atoms with Gasteiger partial charge >= 0.3 is 0 Å². The van der Waals surface area contributed by atoms with Crippen LogP contribution >= 0.6 is 22.9 Å². The third-order valence-corrected chi connectivity index (χ3v) is 6.35. The van der Waals surface area contributed by atoms with Crippen LogP contribution < -0.4 is 4.90 Å². The average molecular weight is 428 g/mol. The lowest BCUT2D eigenvalue weighted by molar-refractivity contribution is -0.113. The molecule has 1 aromatic heterocycles. The van der Waals surface area contributed by atoms with Crippen molar-refractivity contribution in [1.29, 1.82) is 5.26 Å². The van der Waals surface area contributed by atoms with Crippen LogP contribution in [0.3, 0.4) is 0 Å². The minimum Gasteiger partial charge on any atom is -0.303 e. The fourth-order valence-electron chi connectivity index (χ4n) is 3.64. The summed E-state index contributed by atoms with van der Waals surface area (Å²) in [4.78, 5) is 19.8. The van der Waals surface area contributed by atoms with Gasteiger partial charge in [0.05, 0.1) is 28.0 Å². The highest BCUT2D eigenvalue weighted by molar-refractivity contribution is 7.19. The van der Waals surface area contributed by atoms with Crippen molar-refractivity contribution < 1.29 is 4.79 Å². The number of halogens is 1. The van der Waals surface area contributed by atoms with Gasteiger partial charge in [0, 0.05) is 10.6 Å². The van der Waals surface area contributed by atoms with Gasteiger partial charge in [0.1, 0.15) is 16.6 Å². The Kier molecular flexibility index (Phi) is 4.59. The van der Waals surface area contributed by atoms with Gasteiger partial charge in [-0.2, -0.15) is 5.26 Å². The van der Waals surface area contributed by atoms with E-state index in [1.807, 2.05) is 72.8 Å². The van der Waals surface area contributed by atoms with Crippen molar-refractivity contribution in [2.24, 2.45) is 0 Å². The van der Waals surface area contributed by atoms with E-state index in [2.05, 4.69) is 11.1 Å². The molecular formula is C24H14ClN3OS. The molecule has 6 heteroatoms. The fraction of sp³-hybridized carbons (Fsp3) is 0.0417. The summed E-state index contributed by atoms with van der Waals surface area (Å²) in [6.07, 6.45) is 0. The van der Waals surface area contributed by atoms with Crippen molar-refractivity contribution in [2.75, 3.05) is 4.90 Å². The van der Waals surface area contributed by atoms with E-state index in [0.717, 1.165) is 27.0 Å². The van der Waals surface area contributed by atoms with Crippen LogP contribution in [0.25, 0.3) is 21.4 Å². The molecule has 0 aliphatic carbocycles. The summed E-state index contributed by atoms with van der Waals surface area (Å²) in [6, 6.07) is 25.0. The Bertz CT molecular complexity index is 1330. The van der Waals surface area contributed by atoms with Gasteiger partial charge in [-0.3, -0.25) is 4.79 Å². The number of thiazole rings is 1. The van der Waals surface area contributed by atoms with Crippen molar-refractivity contribution in [2.45, 2.75) is 6.54 Å². The zero-order valence-corrected chi connectivity index (χ0v) is 17.2. The van der Waals surface area contributed by atoms with Crippen LogP contribution in [0.2, 0.25) is 5.02 Å². The number of anilines is 1. The van der Waals surface area contributed by atoms with E-state index < -0.39 is 0 Å². The Morgan fingerprint density at radius 1 is 1.03 bits per heavy atom. The number of fused-ring (bicyclic) bond motifs is 2. The fourth-order valence-corrected chi connectivity index (χ4v) is 4.73. The number of hydrogen-bond acceptors (Lipinski definition) is 4. The van der Waals surface area contributed by atoms with Gasteiger partial charge < -0.3 is 4.90 Å². The maximum atomic E-state index is 13.5. The van der Waals surface area contributed by atoms with Crippen LogP contribution in [-0.4, -0.2) is 10.9 Å². The molecule has 4 nitrogen and oxygen atoms in total. The standard InChI is InChI=1S/C24H14ClN3OS/c25-16-11-9-15(10-12-16)14-28-20-7-3-1-5-17(20)22(24(28)29)18(13-26)23-27-19-6-2-4-8-21(19)30-23/h1-12H,14H2. The number of allylic oxidation sites excluding steroid dienone is 1. The Morgan fingerprint density at radius 2 is 1.77 bits per heavy atom. The second kappa shape index (κ2) is 7.42. The van der Waals surface area contributed by atoms with Gasteiger partial charge in [-0.05, 0) is 35.9 Å². The minimum atomic E-state index is -0.193. The predicted molar refractivity (Wildman–Crippen MR) is 121 cm³/mol. The molecule has 4 aromatic rings. The minimum absolute atomic E-state index is 0.193. The summed E-state index contributed by atoms with van der Waals surface area (Å²) < 4.78 is 0.984. The first-order valence-corrected chi connectivity index (χ1v) is 10.5. The molecule has 5 rings (SSSR count). The smallest absolute Gasteiger partial charge is 0.260 e. The number of amides is 1. The number of hydrogen-bond donors (Lipinski definition) is 0. The molecule has 0 N–H and O–H groups in total. The largest absolute Gasteiger partial charge is 0.303 e. The third-order valence-electron chi connectivity index (χ3n) is 5.05. The number of carbonyl (C=O) groups is 1. The summed E-state index contributed by atoms with van der Waals surface area (Å²) >= 11 is 7.42. The van der Waals surface area contributed by atoms with Crippen LogP contribution in [0.4, 0.5) is 5.69 Å². The highest BCUT2D eigenvalue weighted by atomic mass is 35.5. The van der Waals surface area contributed by atoms with Gasteiger partial charge in [0.2, 0.25) is 0 Å². The Balaban J connectivity index is 1.65. The Labute approximate surface area is 182 Å². The molecular weight excluding hydrogens is 414 g/mol. The maximum Gasteiger partial charge on any atom is 0.260 e. The number of carbonyl (C=O) groups excluding carboxylic acids is 1. The zero-order valence-electron chi connectivity index (χ0n) is 15.7. The number of aromatic nitrogens is 1.